The first-order valence-electron chi connectivity index (χ1n) is 16.5. The summed E-state index contributed by atoms with van der Waals surface area (Å²) in [5, 5.41) is 8.82. The van der Waals surface area contributed by atoms with Crippen molar-refractivity contribution < 1.29 is 19.1 Å². The minimum absolute atomic E-state index is 0.0586. The molecule has 1 aromatic carbocycles. The third-order valence-electron chi connectivity index (χ3n) is 7.39. The van der Waals surface area contributed by atoms with Crippen molar-refractivity contribution in [3.63, 3.8) is 0 Å². The van der Waals surface area contributed by atoms with Gasteiger partial charge in [-0.25, -0.2) is 0 Å². The number of carbonyl (C=O) groups excluding carboxylic acids is 3. The van der Waals surface area contributed by atoms with Crippen LogP contribution in [0.15, 0.2) is 60.9 Å². The van der Waals surface area contributed by atoms with E-state index in [0.29, 0.717) is 57.6 Å². The molecule has 0 fully saturated rings. The number of hydrogen-bond acceptors (Lipinski definition) is 7. The second-order valence-electron chi connectivity index (χ2n) is 11.4. The molecule has 10 nitrogen and oxygen atoms in total. The SMILES string of the molecule is C=C/C=C\C(=C/C)OCC(C)CNC(=O)CCCCCCCCCCC(=O)NCCCNC(=O)c1ccc(C(CN)NN)cc1. The predicted octanol–water partition coefficient (Wildman–Crippen LogP) is 4.70. The number of nitrogens with one attached hydrogen (secondary N) is 4. The van der Waals surface area contributed by atoms with Crippen LogP contribution in [-0.4, -0.2) is 50.5 Å². The molecule has 0 spiro atoms. The van der Waals surface area contributed by atoms with Gasteiger partial charge in [-0.15, -0.1) is 0 Å². The highest BCUT2D eigenvalue weighted by Crippen LogP contribution is 2.13. The normalized spacial score (nSPS) is 12.8. The maximum absolute atomic E-state index is 12.3. The van der Waals surface area contributed by atoms with Gasteiger partial charge in [-0.1, -0.05) is 76.3 Å². The molecule has 1 aromatic rings. The smallest absolute Gasteiger partial charge is 0.251 e. The van der Waals surface area contributed by atoms with Gasteiger partial charge < -0.3 is 26.4 Å². The van der Waals surface area contributed by atoms with Crippen LogP contribution < -0.4 is 33.0 Å². The van der Waals surface area contributed by atoms with Gasteiger partial charge in [-0.2, -0.15) is 0 Å². The van der Waals surface area contributed by atoms with Crippen LogP contribution in [-0.2, 0) is 14.3 Å². The molecule has 0 saturated heterocycles. The van der Waals surface area contributed by atoms with Crippen LogP contribution in [0.1, 0.15) is 106 Å². The Morgan fingerprint density at radius 2 is 1.44 bits per heavy atom. The average Bonchev–Trinajstić information content (AvgIpc) is 3.05. The summed E-state index contributed by atoms with van der Waals surface area (Å²) in [6, 6.07) is 7.02. The predicted molar refractivity (Wildman–Crippen MR) is 183 cm³/mol. The van der Waals surface area contributed by atoms with E-state index in [4.69, 9.17) is 16.3 Å². The van der Waals surface area contributed by atoms with E-state index in [-0.39, 0.29) is 29.7 Å². The Morgan fingerprint density at radius 1 is 0.867 bits per heavy atom. The number of hydrogen-bond donors (Lipinski definition) is 6. The fourth-order valence-corrected chi connectivity index (χ4v) is 4.57. The number of nitrogens with two attached hydrogens (primary N) is 2. The van der Waals surface area contributed by atoms with Gasteiger partial charge in [0.05, 0.1) is 12.6 Å². The van der Waals surface area contributed by atoms with E-state index in [0.717, 1.165) is 62.7 Å². The molecule has 0 bridgehead atoms. The summed E-state index contributed by atoms with van der Waals surface area (Å²) >= 11 is 0. The van der Waals surface area contributed by atoms with E-state index in [1.54, 1.807) is 18.2 Å². The Balaban J connectivity index is 1.96. The average molecular weight is 627 g/mol. The summed E-state index contributed by atoms with van der Waals surface area (Å²) in [4.78, 5) is 36.5. The maximum Gasteiger partial charge on any atom is 0.251 e. The second-order valence-corrected chi connectivity index (χ2v) is 11.4. The number of hydrazine groups is 1. The molecule has 0 aliphatic carbocycles. The van der Waals surface area contributed by atoms with E-state index in [9.17, 15) is 14.4 Å². The summed E-state index contributed by atoms with van der Waals surface area (Å²) in [7, 11) is 0. The van der Waals surface area contributed by atoms with Crippen molar-refractivity contribution in [1.29, 1.82) is 0 Å². The number of allylic oxidation sites excluding steroid dienone is 4. The lowest BCUT2D eigenvalue weighted by Gasteiger charge is -2.14. The molecule has 0 saturated carbocycles. The van der Waals surface area contributed by atoms with Crippen molar-refractivity contribution in [2.24, 2.45) is 17.5 Å². The van der Waals surface area contributed by atoms with Gasteiger partial charge in [0.15, 0.2) is 0 Å². The van der Waals surface area contributed by atoms with Crippen molar-refractivity contribution in [3.8, 4) is 0 Å². The zero-order valence-corrected chi connectivity index (χ0v) is 27.6. The van der Waals surface area contributed by atoms with E-state index in [1.165, 1.54) is 0 Å². The Morgan fingerprint density at radius 3 is 2.00 bits per heavy atom. The molecule has 0 radical (unpaired) electrons. The molecule has 10 heteroatoms. The quantitative estimate of drug-likeness (QED) is 0.0286. The van der Waals surface area contributed by atoms with Gasteiger partial charge in [0, 0.05) is 50.5 Å². The lowest BCUT2D eigenvalue weighted by Crippen LogP contribution is -2.33. The Hall–Kier alpha value is -3.47. The maximum atomic E-state index is 12.3. The first kappa shape index (κ1) is 39.6. The van der Waals surface area contributed by atoms with E-state index in [2.05, 4.69) is 34.9 Å². The molecular weight excluding hydrogens is 568 g/mol. The molecule has 2 atom stereocenters. The number of rotatable bonds is 26. The Kier molecular flexibility index (Phi) is 22.7. The summed E-state index contributed by atoms with van der Waals surface area (Å²) in [5.74, 6) is 6.52. The zero-order valence-electron chi connectivity index (χ0n) is 27.6. The van der Waals surface area contributed by atoms with Crippen LogP contribution in [0.2, 0.25) is 0 Å². The highest BCUT2D eigenvalue weighted by molar-refractivity contribution is 5.94. The largest absolute Gasteiger partial charge is 0.494 e. The molecule has 45 heavy (non-hydrogen) atoms. The van der Waals surface area contributed by atoms with Crippen LogP contribution in [0.4, 0.5) is 0 Å². The molecule has 252 valence electrons. The van der Waals surface area contributed by atoms with Crippen molar-refractivity contribution in [2.45, 2.75) is 90.5 Å². The highest BCUT2D eigenvalue weighted by Gasteiger charge is 2.10. The van der Waals surface area contributed by atoms with Crippen LogP contribution in [0.5, 0.6) is 0 Å². The van der Waals surface area contributed by atoms with Crippen LogP contribution in [0.25, 0.3) is 0 Å². The van der Waals surface area contributed by atoms with Crippen molar-refractivity contribution in [2.75, 3.05) is 32.8 Å². The number of benzene rings is 1. The summed E-state index contributed by atoms with van der Waals surface area (Å²) in [6.45, 7) is 10.2. The number of amides is 3. The van der Waals surface area contributed by atoms with E-state index >= 15 is 0 Å². The van der Waals surface area contributed by atoms with Crippen molar-refractivity contribution >= 4 is 17.7 Å². The van der Waals surface area contributed by atoms with Gasteiger partial charge in [0.25, 0.3) is 5.91 Å². The third kappa shape index (κ3) is 19.5. The third-order valence-corrected chi connectivity index (χ3v) is 7.39. The van der Waals surface area contributed by atoms with Crippen molar-refractivity contribution in [3.05, 3.63) is 72.0 Å². The Labute approximate surface area is 270 Å². The highest BCUT2D eigenvalue weighted by atomic mass is 16.5. The number of ether oxygens (including phenoxy) is 1. The second kappa shape index (κ2) is 25.8. The topological polar surface area (TPSA) is 161 Å². The lowest BCUT2D eigenvalue weighted by atomic mass is 10.1. The van der Waals surface area contributed by atoms with E-state index < -0.39 is 0 Å². The molecule has 0 aliphatic heterocycles. The van der Waals surface area contributed by atoms with E-state index in [1.807, 2.05) is 37.3 Å². The standard InChI is InChI=1S/C35H58N6O4/c1-4-6-16-31(5-2)45-27-28(3)26-40-34(43)18-14-12-10-8-7-9-11-13-17-33(42)38-23-15-24-39-35(44)30-21-19-29(20-22-30)32(25-36)41-37/h4-6,16,19-22,28,32,41H,1,7-15,17-18,23-27,36-37H2,2-3H3,(H,38,42)(H,39,44)(H,40,43)/b16-6-,31-5+. The van der Waals surface area contributed by atoms with Crippen LogP contribution in [0, 0.1) is 5.92 Å². The van der Waals surface area contributed by atoms with Crippen LogP contribution in [0.3, 0.4) is 0 Å². The van der Waals surface area contributed by atoms with Crippen molar-refractivity contribution in [1.82, 2.24) is 21.4 Å². The fraction of sp³-hybridized carbons (Fsp3) is 0.571. The van der Waals surface area contributed by atoms with Gasteiger partial charge >= 0.3 is 0 Å². The van der Waals surface area contributed by atoms with Gasteiger partial charge in [-0.3, -0.25) is 25.7 Å². The molecule has 8 N–H and O–H groups in total. The molecule has 0 aromatic heterocycles. The molecule has 2 unspecified atom stereocenters. The number of unbranched alkanes of at least 4 members (excludes halogenated alkanes) is 7. The zero-order chi connectivity index (χ0) is 33.1. The molecule has 0 heterocycles. The van der Waals surface area contributed by atoms with Crippen LogP contribution >= 0.6 is 0 Å². The lowest BCUT2D eigenvalue weighted by molar-refractivity contribution is -0.122. The van der Waals surface area contributed by atoms with Gasteiger partial charge in [0.1, 0.15) is 5.76 Å². The van der Waals surface area contributed by atoms with Gasteiger partial charge in [-0.05, 0) is 56.0 Å². The first-order valence-corrected chi connectivity index (χ1v) is 16.5. The minimum Gasteiger partial charge on any atom is -0.494 e. The first-order chi connectivity index (χ1) is 21.8. The molecule has 0 aliphatic rings. The summed E-state index contributed by atoms with van der Waals surface area (Å²) in [6.07, 6.45) is 17.5. The Bertz CT molecular complexity index is 1040. The summed E-state index contributed by atoms with van der Waals surface area (Å²) in [5.41, 5.74) is 9.80. The fourth-order valence-electron chi connectivity index (χ4n) is 4.57. The monoisotopic (exact) mass is 626 g/mol. The molecule has 1 rings (SSSR count). The number of carbonyl (C=O) groups is 3. The minimum atomic E-state index is -0.150. The molecule has 3 amide bonds. The summed E-state index contributed by atoms with van der Waals surface area (Å²) < 4.78 is 5.75. The van der Waals surface area contributed by atoms with Gasteiger partial charge in [0.2, 0.25) is 11.8 Å². The molecular formula is C35H58N6O4.